The number of hydrogen-bond donors (Lipinski definition) is 1. The second kappa shape index (κ2) is 12.9. The number of nitrogens with zero attached hydrogens (tertiary/aromatic N) is 2. The summed E-state index contributed by atoms with van der Waals surface area (Å²) in [5.41, 5.74) is 0.894. The SMILES string of the molecule is CCCCOc1ccc(/C(O)=C2\C(=O)C(=O)N(c3nc(C)c(C(=O)OCC)s3)C2c2cccc(OC)c2OC)cc1. The summed E-state index contributed by atoms with van der Waals surface area (Å²) in [7, 11) is 2.91. The molecule has 0 radical (unpaired) electrons. The van der Waals surface area contributed by atoms with Crippen LogP contribution in [0.2, 0.25) is 0 Å². The van der Waals surface area contributed by atoms with Crippen molar-refractivity contribution in [3.8, 4) is 17.2 Å². The molecule has 1 N–H and O–H groups in total. The molecule has 1 amide bonds. The Hall–Kier alpha value is -4.38. The smallest absolute Gasteiger partial charge is 0.350 e. The van der Waals surface area contributed by atoms with Crippen molar-refractivity contribution in [2.45, 2.75) is 39.7 Å². The minimum atomic E-state index is -1.14. The first-order valence-electron chi connectivity index (χ1n) is 13.2. The number of carbonyl (C=O) groups excluding carboxylic acids is 3. The predicted octanol–water partition coefficient (Wildman–Crippen LogP) is 5.45. The number of methoxy groups -OCH3 is 2. The van der Waals surface area contributed by atoms with E-state index < -0.39 is 23.7 Å². The zero-order valence-corrected chi connectivity index (χ0v) is 24.4. The Morgan fingerprint density at radius 3 is 2.44 bits per heavy atom. The summed E-state index contributed by atoms with van der Waals surface area (Å²) in [4.78, 5) is 45.5. The van der Waals surface area contributed by atoms with Crippen LogP contribution in [0.15, 0.2) is 48.0 Å². The summed E-state index contributed by atoms with van der Waals surface area (Å²) < 4.78 is 22.0. The maximum atomic E-state index is 13.6. The van der Waals surface area contributed by atoms with Crippen LogP contribution in [0.1, 0.15) is 59.2 Å². The minimum absolute atomic E-state index is 0.0984. The highest BCUT2D eigenvalue weighted by atomic mass is 32.1. The highest BCUT2D eigenvalue weighted by Crippen LogP contribution is 2.48. The van der Waals surface area contributed by atoms with Crippen LogP contribution in [0, 0.1) is 6.92 Å². The van der Waals surface area contributed by atoms with Gasteiger partial charge in [-0.15, -0.1) is 0 Å². The lowest BCUT2D eigenvalue weighted by Crippen LogP contribution is -2.29. The number of Topliss-reactive ketones (excluding diaryl/α,β-unsaturated/α-hetero) is 1. The van der Waals surface area contributed by atoms with E-state index in [9.17, 15) is 19.5 Å². The van der Waals surface area contributed by atoms with Crippen LogP contribution in [-0.4, -0.2) is 55.2 Å². The van der Waals surface area contributed by atoms with Crippen LogP contribution in [0.4, 0.5) is 5.13 Å². The topological polar surface area (TPSA) is 124 Å². The largest absolute Gasteiger partial charge is 0.507 e. The third-order valence-corrected chi connectivity index (χ3v) is 7.66. The summed E-state index contributed by atoms with van der Waals surface area (Å²) in [5.74, 6) is -1.52. The Bertz CT molecular complexity index is 1480. The van der Waals surface area contributed by atoms with Gasteiger partial charge in [-0.25, -0.2) is 9.78 Å². The molecule has 3 aromatic rings. The fourth-order valence-corrected chi connectivity index (χ4v) is 5.51. The number of anilines is 1. The van der Waals surface area contributed by atoms with Gasteiger partial charge in [-0.3, -0.25) is 14.5 Å². The number of hydrogen-bond acceptors (Lipinski definition) is 10. The van der Waals surface area contributed by atoms with E-state index in [1.165, 1.54) is 19.1 Å². The van der Waals surface area contributed by atoms with Crippen LogP contribution in [0.5, 0.6) is 17.2 Å². The number of benzene rings is 2. The Kier molecular flexibility index (Phi) is 9.28. The van der Waals surface area contributed by atoms with Gasteiger partial charge < -0.3 is 24.1 Å². The van der Waals surface area contributed by atoms with Gasteiger partial charge in [0.2, 0.25) is 0 Å². The number of para-hydroxylation sites is 1. The van der Waals surface area contributed by atoms with E-state index in [1.807, 2.05) is 0 Å². The van der Waals surface area contributed by atoms with Crippen LogP contribution in [0.3, 0.4) is 0 Å². The Morgan fingerprint density at radius 1 is 1.07 bits per heavy atom. The Morgan fingerprint density at radius 2 is 1.80 bits per heavy atom. The van der Waals surface area contributed by atoms with Crippen molar-refractivity contribution < 1.29 is 38.4 Å². The van der Waals surface area contributed by atoms with Gasteiger partial charge in [-0.1, -0.05) is 36.8 Å². The highest BCUT2D eigenvalue weighted by Gasteiger charge is 2.49. The fourth-order valence-electron chi connectivity index (χ4n) is 4.52. The normalized spacial score (nSPS) is 16.1. The van der Waals surface area contributed by atoms with Crippen LogP contribution in [-0.2, 0) is 14.3 Å². The third-order valence-electron chi connectivity index (χ3n) is 6.52. The molecule has 0 aliphatic carbocycles. The van der Waals surface area contributed by atoms with E-state index in [1.54, 1.807) is 56.3 Å². The van der Waals surface area contributed by atoms with Gasteiger partial charge in [0.15, 0.2) is 16.6 Å². The number of ketones is 1. The number of aromatic nitrogens is 1. The first kappa shape index (κ1) is 29.6. The summed E-state index contributed by atoms with van der Waals surface area (Å²) >= 11 is 0.928. The molecule has 4 rings (SSSR count). The third kappa shape index (κ3) is 5.76. The van der Waals surface area contributed by atoms with E-state index in [-0.39, 0.29) is 33.7 Å². The minimum Gasteiger partial charge on any atom is -0.507 e. The maximum absolute atomic E-state index is 13.6. The second-order valence-corrected chi connectivity index (χ2v) is 10.1. The van der Waals surface area contributed by atoms with E-state index in [2.05, 4.69) is 11.9 Å². The lowest BCUT2D eigenvalue weighted by Gasteiger charge is -2.25. The zero-order chi connectivity index (χ0) is 29.7. The molecule has 0 saturated carbocycles. The van der Waals surface area contributed by atoms with Crippen molar-refractivity contribution in [3.05, 3.63) is 69.7 Å². The zero-order valence-electron chi connectivity index (χ0n) is 23.6. The molecule has 0 bridgehead atoms. The van der Waals surface area contributed by atoms with Crippen LogP contribution >= 0.6 is 11.3 Å². The van der Waals surface area contributed by atoms with Crippen molar-refractivity contribution in [2.75, 3.05) is 32.3 Å². The average molecular weight is 581 g/mol. The van der Waals surface area contributed by atoms with Gasteiger partial charge in [0.05, 0.1) is 38.7 Å². The lowest BCUT2D eigenvalue weighted by atomic mass is 9.94. The van der Waals surface area contributed by atoms with Crippen molar-refractivity contribution >= 4 is 39.9 Å². The summed E-state index contributed by atoms with van der Waals surface area (Å²) in [6.45, 7) is 6.10. The van der Waals surface area contributed by atoms with Gasteiger partial charge in [-0.05, 0) is 50.6 Å². The fraction of sp³-hybridized carbons (Fsp3) is 0.333. The number of rotatable bonds is 11. The van der Waals surface area contributed by atoms with Crippen LogP contribution in [0.25, 0.3) is 5.76 Å². The van der Waals surface area contributed by atoms with Crippen molar-refractivity contribution in [1.29, 1.82) is 0 Å². The molecule has 216 valence electrons. The summed E-state index contributed by atoms with van der Waals surface area (Å²) in [6, 6.07) is 10.5. The maximum Gasteiger partial charge on any atom is 0.350 e. The molecular formula is C30H32N2O8S. The molecule has 41 heavy (non-hydrogen) atoms. The van der Waals surface area contributed by atoms with E-state index >= 15 is 0 Å². The lowest BCUT2D eigenvalue weighted by molar-refractivity contribution is -0.132. The molecule has 1 fully saturated rings. The Labute approximate surface area is 242 Å². The number of thiazole rings is 1. The van der Waals surface area contributed by atoms with E-state index in [0.29, 0.717) is 34.9 Å². The number of aliphatic hydroxyl groups excluding tert-OH is 1. The number of esters is 1. The quantitative estimate of drug-likeness (QED) is 0.104. The molecule has 1 atom stereocenters. The van der Waals surface area contributed by atoms with Crippen LogP contribution < -0.4 is 19.1 Å². The number of amides is 1. The number of aliphatic hydroxyl groups is 1. The monoisotopic (exact) mass is 580 g/mol. The molecular weight excluding hydrogens is 548 g/mol. The summed E-state index contributed by atoms with van der Waals surface area (Å²) in [5, 5.41) is 11.6. The van der Waals surface area contributed by atoms with E-state index in [0.717, 1.165) is 24.2 Å². The number of ether oxygens (including phenoxy) is 4. The van der Waals surface area contributed by atoms with Gasteiger partial charge >= 0.3 is 11.9 Å². The van der Waals surface area contributed by atoms with Crippen molar-refractivity contribution in [3.63, 3.8) is 0 Å². The molecule has 11 heteroatoms. The first-order valence-corrected chi connectivity index (χ1v) is 14.0. The molecule has 1 unspecified atom stereocenters. The predicted molar refractivity (Wildman–Crippen MR) is 154 cm³/mol. The molecule has 0 spiro atoms. The second-order valence-electron chi connectivity index (χ2n) is 9.11. The first-order chi connectivity index (χ1) is 19.8. The summed E-state index contributed by atoms with van der Waals surface area (Å²) in [6.07, 6.45) is 1.90. The van der Waals surface area contributed by atoms with Crippen molar-refractivity contribution in [2.24, 2.45) is 0 Å². The number of carbonyl (C=O) groups is 3. The molecule has 1 aromatic heterocycles. The van der Waals surface area contributed by atoms with Crippen molar-refractivity contribution in [1.82, 2.24) is 4.98 Å². The molecule has 2 heterocycles. The highest BCUT2D eigenvalue weighted by molar-refractivity contribution is 7.17. The average Bonchev–Trinajstić information content (AvgIpc) is 3.48. The molecule has 1 aliphatic heterocycles. The molecule has 1 saturated heterocycles. The molecule has 1 aliphatic rings. The van der Waals surface area contributed by atoms with Gasteiger partial charge in [0.1, 0.15) is 22.4 Å². The molecule has 10 nitrogen and oxygen atoms in total. The Balaban J connectivity index is 1.89. The number of aryl methyl sites for hydroxylation is 1. The number of unbranched alkanes of at least 4 members (excludes halogenated alkanes) is 1. The van der Waals surface area contributed by atoms with Gasteiger partial charge in [-0.2, -0.15) is 0 Å². The van der Waals surface area contributed by atoms with E-state index in [4.69, 9.17) is 18.9 Å². The standard InChI is InChI=1S/C30H32N2O8S/c1-6-8-16-40-19-14-12-18(13-15-19)24(33)22-23(20-10-9-11-21(37-4)26(20)38-5)32(28(35)25(22)34)30-31-17(3)27(41-30)29(36)39-7-2/h9-15,23,33H,6-8,16H2,1-5H3/b24-22+. The molecule has 2 aromatic carbocycles. The van der Waals surface area contributed by atoms with Gasteiger partial charge in [0.25, 0.3) is 5.78 Å². The van der Waals surface area contributed by atoms with Gasteiger partial charge in [0, 0.05) is 11.1 Å².